The minimum absolute atomic E-state index is 0.0160. The second-order valence-electron chi connectivity index (χ2n) is 7.34. The first kappa shape index (κ1) is 16.8. The summed E-state index contributed by atoms with van der Waals surface area (Å²) in [6, 6.07) is 20.6. The minimum atomic E-state index is -0.357. The van der Waals surface area contributed by atoms with Gasteiger partial charge in [-0.3, -0.25) is 9.59 Å². The van der Waals surface area contributed by atoms with Gasteiger partial charge < -0.3 is 10.2 Å². The van der Waals surface area contributed by atoms with Gasteiger partial charge in [-0.15, -0.1) is 0 Å². The molecule has 2 aromatic rings. The molecule has 0 spiro atoms. The van der Waals surface area contributed by atoms with E-state index in [9.17, 15) is 9.59 Å². The van der Waals surface area contributed by atoms with Crippen LogP contribution in [0.5, 0.6) is 0 Å². The molecule has 134 valence electrons. The molecule has 1 atom stereocenters. The van der Waals surface area contributed by atoms with Crippen LogP contribution < -0.4 is 5.32 Å². The Bertz CT molecular complexity index is 749. The highest BCUT2D eigenvalue weighted by Gasteiger charge is 2.42. The normalized spacial score (nSPS) is 22.1. The van der Waals surface area contributed by atoms with Crippen LogP contribution in [0.4, 0.5) is 0 Å². The van der Waals surface area contributed by atoms with E-state index >= 15 is 0 Å². The lowest BCUT2D eigenvalue weighted by Gasteiger charge is -2.44. The van der Waals surface area contributed by atoms with E-state index in [2.05, 4.69) is 53.8 Å². The number of nitrogens with one attached hydrogen (secondary N) is 1. The van der Waals surface area contributed by atoms with Crippen molar-refractivity contribution in [1.82, 2.24) is 10.2 Å². The van der Waals surface area contributed by atoms with Crippen LogP contribution in [0.25, 0.3) is 0 Å². The lowest BCUT2D eigenvalue weighted by molar-refractivity contribution is -0.136. The molecule has 2 saturated heterocycles. The summed E-state index contributed by atoms with van der Waals surface area (Å²) >= 11 is 0. The summed E-state index contributed by atoms with van der Waals surface area (Å²) in [5.74, 6) is 0.0459. The average molecular weight is 348 g/mol. The molecule has 1 N–H and O–H groups in total. The lowest BCUT2D eigenvalue weighted by Crippen LogP contribution is -2.53. The van der Waals surface area contributed by atoms with Gasteiger partial charge in [0.2, 0.25) is 11.8 Å². The van der Waals surface area contributed by atoms with Gasteiger partial charge >= 0.3 is 0 Å². The number of likely N-dealkylation sites (tertiary alicyclic amines) is 1. The maximum atomic E-state index is 13.0. The summed E-state index contributed by atoms with van der Waals surface area (Å²) in [4.78, 5) is 26.5. The third kappa shape index (κ3) is 3.00. The van der Waals surface area contributed by atoms with Crippen LogP contribution in [0.2, 0.25) is 0 Å². The molecule has 0 aromatic heterocycles. The number of rotatable bonds is 3. The van der Waals surface area contributed by atoms with Gasteiger partial charge in [-0.25, -0.2) is 0 Å². The number of carbonyl (C=O) groups excluding carboxylic acids is 2. The number of piperidine rings is 1. The van der Waals surface area contributed by atoms with Crippen LogP contribution in [-0.2, 0) is 15.0 Å². The van der Waals surface area contributed by atoms with Crippen molar-refractivity contribution in [2.45, 2.75) is 37.1 Å². The zero-order chi connectivity index (χ0) is 18.0. The van der Waals surface area contributed by atoms with Crippen LogP contribution in [0.15, 0.2) is 60.7 Å². The van der Waals surface area contributed by atoms with E-state index in [4.69, 9.17) is 0 Å². The number of nitrogens with zero attached hydrogens (tertiary/aromatic N) is 1. The minimum Gasteiger partial charge on any atom is -0.344 e. The van der Waals surface area contributed by atoms with E-state index < -0.39 is 0 Å². The average Bonchev–Trinajstić information content (AvgIpc) is 3.15. The molecule has 0 radical (unpaired) electrons. The van der Waals surface area contributed by atoms with Crippen molar-refractivity contribution in [3.8, 4) is 0 Å². The molecule has 4 rings (SSSR count). The Hall–Kier alpha value is -2.62. The SMILES string of the molecule is O=C1CC[C@@H](C(=O)N2CCCC(c3ccccc3)(c3ccccc3)C2)N1. The number of carbonyl (C=O) groups is 2. The molecule has 26 heavy (non-hydrogen) atoms. The van der Waals surface area contributed by atoms with Crippen molar-refractivity contribution in [1.29, 1.82) is 0 Å². The molecule has 2 aliphatic heterocycles. The van der Waals surface area contributed by atoms with Gasteiger partial charge in [0.05, 0.1) is 0 Å². The Morgan fingerprint density at radius 1 is 1.00 bits per heavy atom. The van der Waals surface area contributed by atoms with Gasteiger partial charge in [-0.1, -0.05) is 60.7 Å². The number of hydrogen-bond donors (Lipinski definition) is 1. The fourth-order valence-electron chi connectivity index (χ4n) is 4.42. The topological polar surface area (TPSA) is 49.4 Å². The molecule has 4 heteroatoms. The summed E-state index contributed by atoms with van der Waals surface area (Å²) in [5.41, 5.74) is 2.30. The van der Waals surface area contributed by atoms with Crippen molar-refractivity contribution < 1.29 is 9.59 Å². The van der Waals surface area contributed by atoms with Crippen LogP contribution >= 0.6 is 0 Å². The van der Waals surface area contributed by atoms with E-state index in [1.165, 1.54) is 11.1 Å². The van der Waals surface area contributed by atoms with E-state index in [0.717, 1.165) is 19.4 Å². The van der Waals surface area contributed by atoms with Crippen molar-refractivity contribution >= 4 is 11.8 Å². The molecule has 0 unspecified atom stereocenters. The Morgan fingerprint density at radius 3 is 2.15 bits per heavy atom. The molecular weight excluding hydrogens is 324 g/mol. The molecular formula is C22H24N2O2. The van der Waals surface area contributed by atoms with Crippen molar-refractivity contribution in [2.75, 3.05) is 13.1 Å². The van der Waals surface area contributed by atoms with E-state index in [1.807, 2.05) is 17.0 Å². The summed E-state index contributed by atoms with van der Waals surface area (Å²) in [7, 11) is 0. The standard InChI is InChI=1S/C22H24N2O2/c25-20-13-12-19(23-20)21(26)24-15-7-14-22(16-24,17-8-3-1-4-9-17)18-10-5-2-6-11-18/h1-6,8-11,19H,7,12-16H2,(H,23,25)/t19-/m0/s1. The Kier molecular flexibility index (Phi) is 4.49. The Labute approximate surface area is 154 Å². The summed E-state index contributed by atoms with van der Waals surface area (Å²) in [6.45, 7) is 1.42. The zero-order valence-electron chi connectivity index (χ0n) is 14.9. The Balaban J connectivity index is 1.68. The highest BCUT2D eigenvalue weighted by molar-refractivity contribution is 5.91. The van der Waals surface area contributed by atoms with Crippen LogP contribution in [0.3, 0.4) is 0 Å². The van der Waals surface area contributed by atoms with Crippen molar-refractivity contribution in [3.63, 3.8) is 0 Å². The summed E-state index contributed by atoms with van der Waals surface area (Å²) in [6.07, 6.45) is 3.03. The molecule has 2 aromatic carbocycles. The smallest absolute Gasteiger partial charge is 0.245 e. The van der Waals surface area contributed by atoms with Gasteiger partial charge in [-0.05, 0) is 30.4 Å². The number of hydrogen-bond acceptors (Lipinski definition) is 2. The summed E-state index contributed by atoms with van der Waals surface area (Å²) in [5, 5.41) is 2.83. The maximum absolute atomic E-state index is 13.0. The number of amides is 2. The molecule has 0 aliphatic carbocycles. The predicted molar refractivity (Wildman–Crippen MR) is 101 cm³/mol. The van der Waals surface area contributed by atoms with Gasteiger partial charge in [-0.2, -0.15) is 0 Å². The maximum Gasteiger partial charge on any atom is 0.245 e. The third-order valence-corrected chi connectivity index (χ3v) is 5.75. The largest absolute Gasteiger partial charge is 0.344 e. The van der Waals surface area contributed by atoms with E-state index in [0.29, 0.717) is 19.4 Å². The van der Waals surface area contributed by atoms with Crippen molar-refractivity contribution in [3.05, 3.63) is 71.8 Å². The zero-order valence-corrected chi connectivity index (χ0v) is 14.9. The van der Waals surface area contributed by atoms with Crippen molar-refractivity contribution in [2.24, 2.45) is 0 Å². The highest BCUT2D eigenvalue weighted by atomic mass is 16.2. The van der Waals surface area contributed by atoms with Crippen LogP contribution in [0, 0.1) is 0 Å². The second-order valence-corrected chi connectivity index (χ2v) is 7.34. The molecule has 4 nitrogen and oxygen atoms in total. The Morgan fingerprint density at radius 2 is 1.62 bits per heavy atom. The quantitative estimate of drug-likeness (QED) is 0.927. The highest BCUT2D eigenvalue weighted by Crippen LogP contribution is 2.40. The van der Waals surface area contributed by atoms with Crippen LogP contribution in [0.1, 0.15) is 36.8 Å². The first-order valence-corrected chi connectivity index (χ1v) is 9.38. The van der Waals surface area contributed by atoms with E-state index in [-0.39, 0.29) is 23.3 Å². The second kappa shape index (κ2) is 6.94. The predicted octanol–water partition coefficient (Wildman–Crippen LogP) is 2.87. The van der Waals surface area contributed by atoms with Crippen LogP contribution in [-0.4, -0.2) is 35.8 Å². The molecule has 2 amide bonds. The first-order valence-electron chi connectivity index (χ1n) is 9.38. The van der Waals surface area contributed by atoms with Gasteiger partial charge in [0.1, 0.15) is 6.04 Å². The van der Waals surface area contributed by atoms with Gasteiger partial charge in [0, 0.05) is 24.9 Å². The van der Waals surface area contributed by atoms with Gasteiger partial charge in [0.15, 0.2) is 0 Å². The molecule has 2 aliphatic rings. The monoisotopic (exact) mass is 348 g/mol. The molecule has 2 heterocycles. The lowest BCUT2D eigenvalue weighted by atomic mass is 9.69. The molecule has 2 fully saturated rings. The molecule has 0 bridgehead atoms. The number of benzene rings is 2. The first-order chi connectivity index (χ1) is 12.7. The van der Waals surface area contributed by atoms with E-state index in [1.54, 1.807) is 0 Å². The summed E-state index contributed by atoms with van der Waals surface area (Å²) < 4.78 is 0. The molecule has 0 saturated carbocycles. The van der Waals surface area contributed by atoms with Gasteiger partial charge in [0.25, 0.3) is 0 Å². The fraction of sp³-hybridized carbons (Fsp3) is 0.364. The fourth-order valence-corrected chi connectivity index (χ4v) is 4.42. The third-order valence-electron chi connectivity index (χ3n) is 5.75.